The Balaban J connectivity index is 3.93. The number of phosphoric acid groups is 1. The average Bonchev–Trinajstić information content (AvgIpc) is 3.24. The van der Waals surface area contributed by atoms with Gasteiger partial charge in [-0.25, -0.2) is 4.57 Å². The van der Waals surface area contributed by atoms with Gasteiger partial charge in [-0.15, -0.1) is 0 Å². The topological polar surface area (TPSA) is 117 Å². The molecule has 0 heterocycles. The second-order valence-electron chi connectivity index (χ2n) is 17.0. The molecule has 2 unspecified atom stereocenters. The Kier molecular flexibility index (Phi) is 47.7. The molecule has 9 heteroatoms. The van der Waals surface area contributed by atoms with Gasteiger partial charge in [-0.05, 0) is 51.4 Å². The van der Waals surface area contributed by atoms with E-state index in [9.17, 15) is 14.3 Å². The lowest BCUT2D eigenvalue weighted by Crippen LogP contribution is -2.28. The first-order valence-electron chi connectivity index (χ1n) is 25.5. The number of esters is 1. The van der Waals surface area contributed by atoms with E-state index in [0.29, 0.717) is 13.0 Å². The molecule has 0 rings (SSSR count). The van der Waals surface area contributed by atoms with Crippen LogP contribution in [0.5, 0.6) is 0 Å². The van der Waals surface area contributed by atoms with Gasteiger partial charge in [0.1, 0.15) is 6.10 Å². The summed E-state index contributed by atoms with van der Waals surface area (Å²) in [7, 11) is -4.28. The highest BCUT2D eigenvalue weighted by molar-refractivity contribution is 7.47. The monoisotopic (exact) mass is 868 g/mol. The van der Waals surface area contributed by atoms with Crippen LogP contribution < -0.4 is 5.73 Å². The maximum atomic E-state index is 12.6. The lowest BCUT2D eigenvalue weighted by molar-refractivity contribution is -0.154. The largest absolute Gasteiger partial charge is 0.472 e. The van der Waals surface area contributed by atoms with Crippen molar-refractivity contribution in [3.05, 3.63) is 36.5 Å². The molecule has 0 aliphatic heterocycles. The minimum Gasteiger partial charge on any atom is -0.457 e. The van der Waals surface area contributed by atoms with E-state index < -0.39 is 13.9 Å². The summed E-state index contributed by atoms with van der Waals surface area (Å²) in [4.78, 5) is 22.6. The number of rotatable bonds is 49. The second-order valence-corrected chi connectivity index (χ2v) is 18.5. The van der Waals surface area contributed by atoms with Crippen molar-refractivity contribution in [2.45, 2.75) is 251 Å². The molecule has 0 bridgehead atoms. The second kappa shape index (κ2) is 48.7. The van der Waals surface area contributed by atoms with E-state index in [-0.39, 0.29) is 32.3 Å². The van der Waals surface area contributed by atoms with Gasteiger partial charge in [0.2, 0.25) is 0 Å². The van der Waals surface area contributed by atoms with Crippen molar-refractivity contribution in [1.82, 2.24) is 0 Å². The van der Waals surface area contributed by atoms with Crippen molar-refractivity contribution in [3.8, 4) is 0 Å². The van der Waals surface area contributed by atoms with Gasteiger partial charge < -0.3 is 20.1 Å². The molecule has 0 fully saturated rings. The lowest BCUT2D eigenvalue weighted by Gasteiger charge is -2.20. The standard InChI is InChI=1S/C51H98NO7P/c1-3-5-7-9-11-13-15-17-19-21-22-23-24-25-26-27-29-31-33-35-37-39-41-43-46-56-48-50(49-58-60(54,55)57-47-45-52)59-51(53)44-42-40-38-36-34-32-30-28-20-18-16-14-12-10-8-6-4-2/h15,17,21-22,24-25,50H,3-14,16,18-20,23,26-49,52H2,1-2H3,(H,54,55)/b17-15-,22-21-,25-24-. The molecule has 3 N–H and O–H groups in total. The lowest BCUT2D eigenvalue weighted by atomic mass is 10.0. The van der Waals surface area contributed by atoms with Gasteiger partial charge >= 0.3 is 13.8 Å². The molecule has 0 aliphatic carbocycles. The Morgan fingerprint density at radius 1 is 0.500 bits per heavy atom. The SMILES string of the molecule is CCCCCCC/C=C\C/C=C\C/C=C\CCCCCCCCCCCOCC(COP(=O)(O)OCCN)OC(=O)CCCCCCCCCCCCCCCCCCC. The molecular formula is C51H98NO7P. The van der Waals surface area contributed by atoms with Crippen LogP contribution >= 0.6 is 7.82 Å². The Morgan fingerprint density at radius 3 is 1.32 bits per heavy atom. The molecule has 60 heavy (non-hydrogen) atoms. The summed E-state index contributed by atoms with van der Waals surface area (Å²) in [5.41, 5.74) is 5.39. The number of unbranched alkanes of at least 4 members (excludes halogenated alkanes) is 30. The van der Waals surface area contributed by atoms with Crippen LogP contribution in [0.2, 0.25) is 0 Å². The maximum Gasteiger partial charge on any atom is 0.472 e. The van der Waals surface area contributed by atoms with E-state index in [4.69, 9.17) is 24.3 Å². The van der Waals surface area contributed by atoms with E-state index in [1.54, 1.807) is 0 Å². The Labute approximate surface area is 371 Å². The molecular weight excluding hydrogens is 770 g/mol. The Hall–Kier alpha value is -1.28. The summed E-state index contributed by atoms with van der Waals surface area (Å²) in [5.74, 6) is -0.328. The van der Waals surface area contributed by atoms with Crippen molar-refractivity contribution in [3.63, 3.8) is 0 Å². The van der Waals surface area contributed by atoms with Crippen molar-refractivity contribution in [1.29, 1.82) is 0 Å². The fourth-order valence-corrected chi connectivity index (χ4v) is 8.07. The Morgan fingerprint density at radius 2 is 0.883 bits per heavy atom. The van der Waals surface area contributed by atoms with E-state index in [1.807, 2.05) is 0 Å². The quantitative estimate of drug-likeness (QED) is 0.0269. The van der Waals surface area contributed by atoms with Crippen LogP contribution in [0.25, 0.3) is 0 Å². The third-order valence-electron chi connectivity index (χ3n) is 11.1. The third-order valence-corrected chi connectivity index (χ3v) is 12.0. The number of allylic oxidation sites excluding steroid dienone is 6. The first kappa shape index (κ1) is 58.7. The summed E-state index contributed by atoms with van der Waals surface area (Å²) < 4.78 is 33.6. The summed E-state index contributed by atoms with van der Waals surface area (Å²) in [6.45, 7) is 4.94. The van der Waals surface area contributed by atoms with Crippen LogP contribution in [0.15, 0.2) is 36.5 Å². The summed E-state index contributed by atoms with van der Waals surface area (Å²) in [6, 6.07) is 0. The number of ether oxygens (including phenoxy) is 2. The van der Waals surface area contributed by atoms with Crippen LogP contribution in [-0.4, -0.2) is 49.9 Å². The molecule has 0 aromatic heterocycles. The van der Waals surface area contributed by atoms with E-state index in [0.717, 1.165) is 44.9 Å². The zero-order valence-electron chi connectivity index (χ0n) is 39.5. The van der Waals surface area contributed by atoms with Gasteiger partial charge in [-0.3, -0.25) is 13.8 Å². The van der Waals surface area contributed by atoms with Gasteiger partial charge in [0.15, 0.2) is 0 Å². The highest BCUT2D eigenvalue weighted by Crippen LogP contribution is 2.43. The van der Waals surface area contributed by atoms with Crippen LogP contribution in [0.1, 0.15) is 245 Å². The summed E-state index contributed by atoms with van der Waals surface area (Å²) >= 11 is 0. The molecule has 0 radical (unpaired) electrons. The highest BCUT2D eigenvalue weighted by Gasteiger charge is 2.25. The number of carbonyl (C=O) groups is 1. The molecule has 0 aromatic rings. The van der Waals surface area contributed by atoms with Crippen LogP contribution in [0, 0.1) is 0 Å². The van der Waals surface area contributed by atoms with Crippen LogP contribution in [0.4, 0.5) is 0 Å². The van der Waals surface area contributed by atoms with E-state index in [1.165, 1.54) is 180 Å². The van der Waals surface area contributed by atoms with E-state index >= 15 is 0 Å². The number of hydrogen-bond acceptors (Lipinski definition) is 7. The normalized spacial score (nSPS) is 13.6. The fraction of sp³-hybridized carbons (Fsp3) is 0.863. The van der Waals surface area contributed by atoms with Gasteiger partial charge in [0.25, 0.3) is 0 Å². The van der Waals surface area contributed by atoms with Crippen LogP contribution in [-0.2, 0) is 27.9 Å². The summed E-state index contributed by atoms with van der Waals surface area (Å²) in [5, 5.41) is 0. The zero-order valence-corrected chi connectivity index (χ0v) is 40.3. The molecule has 8 nitrogen and oxygen atoms in total. The molecule has 2 atom stereocenters. The third kappa shape index (κ3) is 47.8. The van der Waals surface area contributed by atoms with Crippen molar-refractivity contribution >= 4 is 13.8 Å². The average molecular weight is 868 g/mol. The molecule has 0 aliphatic rings. The maximum absolute atomic E-state index is 12.6. The first-order valence-corrected chi connectivity index (χ1v) is 27.0. The smallest absolute Gasteiger partial charge is 0.457 e. The molecule has 0 aromatic carbocycles. The summed E-state index contributed by atoms with van der Waals surface area (Å²) in [6.07, 6.45) is 57.4. The number of hydrogen-bond donors (Lipinski definition) is 2. The van der Waals surface area contributed by atoms with Gasteiger partial charge in [-0.2, -0.15) is 0 Å². The van der Waals surface area contributed by atoms with Crippen molar-refractivity contribution in [2.75, 3.05) is 33.0 Å². The predicted octanol–water partition coefficient (Wildman–Crippen LogP) is 15.8. The van der Waals surface area contributed by atoms with Crippen molar-refractivity contribution < 1.29 is 32.8 Å². The van der Waals surface area contributed by atoms with Crippen LogP contribution in [0.3, 0.4) is 0 Å². The molecule has 0 amide bonds. The van der Waals surface area contributed by atoms with Gasteiger partial charge in [0.05, 0.1) is 19.8 Å². The van der Waals surface area contributed by atoms with Crippen molar-refractivity contribution in [2.24, 2.45) is 5.73 Å². The number of phosphoric ester groups is 1. The van der Waals surface area contributed by atoms with Gasteiger partial charge in [0, 0.05) is 19.6 Å². The molecule has 0 saturated heterocycles. The minimum absolute atomic E-state index is 0.0953. The highest BCUT2D eigenvalue weighted by atomic mass is 31.2. The predicted molar refractivity (Wildman–Crippen MR) is 256 cm³/mol. The minimum atomic E-state index is -4.28. The number of nitrogens with two attached hydrogens (primary N) is 1. The van der Waals surface area contributed by atoms with Gasteiger partial charge in [-0.1, -0.05) is 224 Å². The first-order chi connectivity index (χ1) is 29.4. The molecule has 0 saturated carbocycles. The molecule has 0 spiro atoms. The fourth-order valence-electron chi connectivity index (χ4n) is 7.30. The van der Waals surface area contributed by atoms with E-state index in [2.05, 4.69) is 50.3 Å². The zero-order chi connectivity index (χ0) is 43.7. The Bertz CT molecular complexity index is 1020. The molecule has 354 valence electrons. The number of carbonyl (C=O) groups excluding carboxylic acids is 1.